The SMILES string of the molecule is O=[N+]([O-])/C(=C\c1ccc(Cl)cc1)Cn1nnc2ccccc21. The Morgan fingerprint density at radius 3 is 2.68 bits per heavy atom. The highest BCUT2D eigenvalue weighted by atomic mass is 35.5. The highest BCUT2D eigenvalue weighted by Crippen LogP contribution is 2.16. The zero-order chi connectivity index (χ0) is 15.5. The van der Waals surface area contributed by atoms with Crippen molar-refractivity contribution < 1.29 is 4.92 Å². The summed E-state index contributed by atoms with van der Waals surface area (Å²) in [5.41, 5.74) is 2.20. The predicted octanol–water partition coefficient (Wildman–Crippen LogP) is 3.40. The minimum absolute atomic E-state index is 0.0259. The monoisotopic (exact) mass is 314 g/mol. The second-order valence-electron chi connectivity index (χ2n) is 4.68. The van der Waals surface area contributed by atoms with Crippen molar-refractivity contribution in [2.75, 3.05) is 0 Å². The van der Waals surface area contributed by atoms with Crippen molar-refractivity contribution in [2.24, 2.45) is 0 Å². The van der Waals surface area contributed by atoms with Gasteiger partial charge in [0.25, 0.3) is 5.70 Å². The number of hydrogen-bond donors (Lipinski definition) is 0. The van der Waals surface area contributed by atoms with E-state index < -0.39 is 4.92 Å². The molecule has 6 nitrogen and oxygen atoms in total. The minimum atomic E-state index is -0.412. The first-order chi connectivity index (χ1) is 10.6. The summed E-state index contributed by atoms with van der Waals surface area (Å²) in [6.45, 7) is 0.0378. The Morgan fingerprint density at radius 2 is 1.95 bits per heavy atom. The normalized spacial score (nSPS) is 11.8. The Balaban J connectivity index is 1.95. The van der Waals surface area contributed by atoms with Crippen LogP contribution in [0.1, 0.15) is 5.56 Å². The molecule has 0 radical (unpaired) electrons. The van der Waals surface area contributed by atoms with E-state index in [1.54, 1.807) is 24.3 Å². The third kappa shape index (κ3) is 2.96. The number of nitro groups is 1. The fraction of sp³-hybridized carbons (Fsp3) is 0.0667. The van der Waals surface area contributed by atoms with Gasteiger partial charge in [-0.15, -0.1) is 5.10 Å². The van der Waals surface area contributed by atoms with Gasteiger partial charge < -0.3 is 0 Å². The first-order valence-corrected chi connectivity index (χ1v) is 6.90. The number of nitrogens with zero attached hydrogens (tertiary/aromatic N) is 4. The molecule has 0 fully saturated rings. The first-order valence-electron chi connectivity index (χ1n) is 6.52. The summed E-state index contributed by atoms with van der Waals surface area (Å²) in [5, 5.41) is 19.8. The Morgan fingerprint density at radius 1 is 1.23 bits per heavy atom. The number of allylic oxidation sites excluding steroid dienone is 1. The number of para-hydroxylation sites is 1. The van der Waals surface area contributed by atoms with E-state index in [1.807, 2.05) is 24.3 Å². The van der Waals surface area contributed by atoms with Gasteiger partial charge in [0.05, 0.1) is 10.4 Å². The molecule has 0 saturated heterocycles. The molecule has 0 aliphatic heterocycles. The molecular formula is C15H11ClN4O2. The van der Waals surface area contributed by atoms with Gasteiger partial charge in [-0.1, -0.05) is 41.1 Å². The quantitative estimate of drug-likeness (QED) is 0.546. The average Bonchev–Trinajstić information content (AvgIpc) is 2.92. The molecule has 3 aromatic rings. The van der Waals surface area contributed by atoms with Crippen LogP contribution in [-0.4, -0.2) is 19.9 Å². The van der Waals surface area contributed by atoms with Gasteiger partial charge in [0.15, 0.2) is 0 Å². The standard InChI is InChI=1S/C15H11ClN4O2/c16-12-7-5-11(6-8-12)9-13(20(21)22)10-19-15-4-2-1-3-14(15)17-18-19/h1-9H,10H2/b13-9-. The van der Waals surface area contributed by atoms with E-state index in [4.69, 9.17) is 11.6 Å². The topological polar surface area (TPSA) is 73.8 Å². The molecule has 0 saturated carbocycles. The molecule has 0 spiro atoms. The van der Waals surface area contributed by atoms with Crippen molar-refractivity contribution in [3.63, 3.8) is 0 Å². The summed E-state index contributed by atoms with van der Waals surface area (Å²) >= 11 is 5.81. The lowest BCUT2D eigenvalue weighted by molar-refractivity contribution is -0.427. The van der Waals surface area contributed by atoms with Crippen molar-refractivity contribution in [1.29, 1.82) is 0 Å². The zero-order valence-corrected chi connectivity index (χ0v) is 12.1. The summed E-state index contributed by atoms with van der Waals surface area (Å²) in [7, 11) is 0. The lowest BCUT2D eigenvalue weighted by Gasteiger charge is -2.01. The fourth-order valence-corrected chi connectivity index (χ4v) is 2.22. The van der Waals surface area contributed by atoms with E-state index in [0.717, 1.165) is 5.52 Å². The molecule has 0 aliphatic rings. The average molecular weight is 315 g/mol. The number of hydrogen-bond acceptors (Lipinski definition) is 4. The number of fused-ring (bicyclic) bond motifs is 1. The third-order valence-electron chi connectivity index (χ3n) is 3.17. The van der Waals surface area contributed by atoms with Crippen LogP contribution in [0.3, 0.4) is 0 Å². The smallest absolute Gasteiger partial charge is 0.259 e. The number of halogens is 1. The molecule has 110 valence electrons. The van der Waals surface area contributed by atoms with Gasteiger partial charge in [0.2, 0.25) is 0 Å². The van der Waals surface area contributed by atoms with E-state index >= 15 is 0 Å². The highest BCUT2D eigenvalue weighted by Gasteiger charge is 2.15. The van der Waals surface area contributed by atoms with Crippen LogP contribution in [0, 0.1) is 10.1 Å². The molecule has 0 amide bonds. The Kier molecular flexibility index (Phi) is 3.84. The maximum atomic E-state index is 11.3. The third-order valence-corrected chi connectivity index (χ3v) is 3.42. The first kappa shape index (κ1) is 14.2. The van der Waals surface area contributed by atoms with Gasteiger partial charge >= 0.3 is 0 Å². The van der Waals surface area contributed by atoms with Crippen molar-refractivity contribution in [1.82, 2.24) is 15.0 Å². The van der Waals surface area contributed by atoms with Crippen LogP contribution in [-0.2, 0) is 6.54 Å². The van der Waals surface area contributed by atoms with E-state index in [0.29, 0.717) is 16.1 Å². The van der Waals surface area contributed by atoms with Crippen LogP contribution in [0.2, 0.25) is 5.02 Å². The fourth-order valence-electron chi connectivity index (χ4n) is 2.10. The Hall–Kier alpha value is -2.73. The van der Waals surface area contributed by atoms with E-state index in [9.17, 15) is 10.1 Å². The molecule has 0 unspecified atom stereocenters. The summed E-state index contributed by atoms with van der Waals surface area (Å²) in [6, 6.07) is 14.2. The highest BCUT2D eigenvalue weighted by molar-refractivity contribution is 6.30. The van der Waals surface area contributed by atoms with Crippen LogP contribution in [0.4, 0.5) is 0 Å². The predicted molar refractivity (Wildman–Crippen MR) is 84.0 cm³/mol. The molecule has 3 rings (SSSR count). The van der Waals surface area contributed by atoms with Crippen LogP contribution >= 0.6 is 11.6 Å². The van der Waals surface area contributed by atoms with Gasteiger partial charge in [-0.2, -0.15) is 0 Å². The van der Waals surface area contributed by atoms with Gasteiger partial charge in [0, 0.05) is 11.1 Å². The summed E-state index contributed by atoms with van der Waals surface area (Å²) in [6.07, 6.45) is 1.51. The van der Waals surface area contributed by atoms with Gasteiger partial charge in [-0.3, -0.25) is 10.1 Å². The number of rotatable bonds is 4. The summed E-state index contributed by atoms with van der Waals surface area (Å²) in [4.78, 5) is 10.9. The molecule has 7 heteroatoms. The molecule has 0 N–H and O–H groups in total. The minimum Gasteiger partial charge on any atom is -0.259 e. The zero-order valence-electron chi connectivity index (χ0n) is 11.4. The molecule has 1 heterocycles. The van der Waals surface area contributed by atoms with Gasteiger partial charge in [-0.25, -0.2) is 4.68 Å². The van der Waals surface area contributed by atoms with Crippen molar-refractivity contribution >= 4 is 28.7 Å². The molecular weight excluding hydrogens is 304 g/mol. The van der Waals surface area contributed by atoms with Crippen LogP contribution in [0.25, 0.3) is 17.1 Å². The summed E-state index contributed by atoms with van der Waals surface area (Å²) in [5.74, 6) is 0. The maximum Gasteiger partial charge on any atom is 0.268 e. The Labute approximate surface area is 130 Å². The van der Waals surface area contributed by atoms with Crippen molar-refractivity contribution in [2.45, 2.75) is 6.54 Å². The number of aromatic nitrogens is 3. The van der Waals surface area contributed by atoms with Crippen LogP contribution in [0.15, 0.2) is 54.2 Å². The lowest BCUT2D eigenvalue weighted by atomic mass is 10.2. The second-order valence-corrected chi connectivity index (χ2v) is 5.12. The largest absolute Gasteiger partial charge is 0.268 e. The maximum absolute atomic E-state index is 11.3. The number of benzene rings is 2. The van der Waals surface area contributed by atoms with Crippen molar-refractivity contribution in [3.8, 4) is 0 Å². The molecule has 1 aromatic heterocycles. The second kappa shape index (κ2) is 5.95. The van der Waals surface area contributed by atoms with Gasteiger partial charge in [-0.05, 0) is 29.8 Å². The van der Waals surface area contributed by atoms with Crippen LogP contribution < -0.4 is 0 Å². The summed E-state index contributed by atoms with van der Waals surface area (Å²) < 4.78 is 1.51. The van der Waals surface area contributed by atoms with E-state index in [2.05, 4.69) is 10.3 Å². The van der Waals surface area contributed by atoms with E-state index in [1.165, 1.54) is 10.8 Å². The molecule has 0 atom stereocenters. The molecule has 22 heavy (non-hydrogen) atoms. The molecule has 0 aliphatic carbocycles. The Bertz CT molecular complexity index is 855. The van der Waals surface area contributed by atoms with Crippen LogP contribution in [0.5, 0.6) is 0 Å². The van der Waals surface area contributed by atoms with Gasteiger partial charge in [0.1, 0.15) is 12.1 Å². The molecule has 0 bridgehead atoms. The lowest BCUT2D eigenvalue weighted by Crippen LogP contribution is -2.09. The van der Waals surface area contributed by atoms with Crippen molar-refractivity contribution in [3.05, 3.63) is 74.9 Å². The van der Waals surface area contributed by atoms with E-state index in [-0.39, 0.29) is 12.2 Å². The molecule has 2 aromatic carbocycles.